The Morgan fingerprint density at radius 2 is 1.81 bits per heavy atom. The highest BCUT2D eigenvalue weighted by molar-refractivity contribution is 7.92. The first kappa shape index (κ1) is 15.9. The molecule has 3 N–H and O–H groups in total. The molecule has 0 aliphatic rings. The van der Waals surface area contributed by atoms with Crippen LogP contribution >= 0.6 is 23.2 Å². The number of aromatic nitrogens is 1. The summed E-state index contributed by atoms with van der Waals surface area (Å²) in [5.74, 6) is 0. The fourth-order valence-corrected chi connectivity index (χ4v) is 3.40. The fraction of sp³-hybridized carbons (Fsp3) is 0.154. The Labute approximate surface area is 133 Å². The molecular weight excluding hydrogens is 333 g/mol. The van der Waals surface area contributed by atoms with Crippen molar-refractivity contribution >= 4 is 44.6 Å². The van der Waals surface area contributed by atoms with Gasteiger partial charge in [-0.25, -0.2) is 13.4 Å². The van der Waals surface area contributed by atoms with Crippen LogP contribution in [0.25, 0.3) is 0 Å². The van der Waals surface area contributed by atoms with Crippen LogP contribution in [0.4, 0.5) is 11.4 Å². The molecule has 0 amide bonds. The van der Waals surface area contributed by atoms with Gasteiger partial charge in [0.05, 0.1) is 27.5 Å². The number of nitrogen functional groups attached to an aromatic ring is 1. The lowest BCUT2D eigenvalue weighted by atomic mass is 10.2. The van der Waals surface area contributed by atoms with Gasteiger partial charge in [0.15, 0.2) is 0 Å². The van der Waals surface area contributed by atoms with Crippen molar-refractivity contribution in [1.82, 2.24) is 4.98 Å². The van der Waals surface area contributed by atoms with Gasteiger partial charge in [-0.3, -0.25) is 4.72 Å². The molecule has 1 aromatic carbocycles. The van der Waals surface area contributed by atoms with E-state index in [0.29, 0.717) is 27.0 Å². The van der Waals surface area contributed by atoms with Gasteiger partial charge in [0, 0.05) is 0 Å². The van der Waals surface area contributed by atoms with Gasteiger partial charge in [0.25, 0.3) is 10.0 Å². The minimum Gasteiger partial charge on any atom is -0.397 e. The smallest absolute Gasteiger partial charge is 0.262 e. The number of sulfonamides is 1. The Hall–Kier alpha value is -1.50. The number of aryl methyl sites for hydroxylation is 2. The molecule has 21 heavy (non-hydrogen) atoms. The molecule has 1 aromatic heterocycles. The number of hydrogen-bond donors (Lipinski definition) is 2. The van der Waals surface area contributed by atoms with Crippen LogP contribution in [0.3, 0.4) is 0 Å². The molecule has 5 nitrogen and oxygen atoms in total. The van der Waals surface area contributed by atoms with Crippen LogP contribution in [0, 0.1) is 13.8 Å². The zero-order chi connectivity index (χ0) is 15.8. The molecular formula is C13H13Cl2N3O2S. The second kappa shape index (κ2) is 5.71. The van der Waals surface area contributed by atoms with Crippen molar-refractivity contribution in [2.45, 2.75) is 18.7 Å². The molecule has 0 fully saturated rings. The van der Waals surface area contributed by atoms with Gasteiger partial charge in [-0.1, -0.05) is 23.2 Å². The third kappa shape index (κ3) is 3.40. The summed E-state index contributed by atoms with van der Waals surface area (Å²) in [6.07, 6.45) is 1.35. The summed E-state index contributed by atoms with van der Waals surface area (Å²) in [6, 6.07) is 4.44. The van der Waals surface area contributed by atoms with Gasteiger partial charge >= 0.3 is 0 Å². The van der Waals surface area contributed by atoms with Crippen molar-refractivity contribution in [2.24, 2.45) is 0 Å². The number of benzene rings is 1. The minimum atomic E-state index is -3.78. The first-order valence-corrected chi connectivity index (χ1v) is 8.15. The second-order valence-corrected chi connectivity index (χ2v) is 6.99. The van der Waals surface area contributed by atoms with Gasteiger partial charge in [-0.2, -0.15) is 0 Å². The van der Waals surface area contributed by atoms with Gasteiger partial charge in [-0.05, 0) is 43.2 Å². The van der Waals surface area contributed by atoms with E-state index in [9.17, 15) is 8.42 Å². The van der Waals surface area contributed by atoms with E-state index in [1.807, 2.05) is 0 Å². The maximum absolute atomic E-state index is 12.4. The van der Waals surface area contributed by atoms with Crippen molar-refractivity contribution in [3.05, 3.63) is 45.7 Å². The highest BCUT2D eigenvalue weighted by atomic mass is 35.5. The molecule has 0 aliphatic heterocycles. The van der Waals surface area contributed by atoms with E-state index in [0.717, 1.165) is 0 Å². The van der Waals surface area contributed by atoms with E-state index < -0.39 is 10.0 Å². The number of anilines is 2. The summed E-state index contributed by atoms with van der Waals surface area (Å²) >= 11 is 11.7. The monoisotopic (exact) mass is 345 g/mol. The van der Waals surface area contributed by atoms with E-state index in [-0.39, 0.29) is 10.6 Å². The van der Waals surface area contributed by atoms with Gasteiger partial charge in [0.1, 0.15) is 5.15 Å². The van der Waals surface area contributed by atoms with E-state index in [1.54, 1.807) is 19.9 Å². The van der Waals surface area contributed by atoms with Crippen LogP contribution < -0.4 is 10.5 Å². The summed E-state index contributed by atoms with van der Waals surface area (Å²) in [5, 5.41) is 0.639. The standard InChI is InChI=1S/C13H13Cl2N3O2S/c1-7-4-10(14)11(16)5-12(7)21(19,20)18-9-3-8(2)13(15)17-6-9/h3-6,18H,16H2,1-2H3. The predicted octanol–water partition coefficient (Wildman–Crippen LogP) is 3.39. The zero-order valence-electron chi connectivity index (χ0n) is 11.3. The summed E-state index contributed by atoms with van der Waals surface area (Å²) in [5.41, 5.74) is 7.37. The maximum Gasteiger partial charge on any atom is 0.262 e. The third-order valence-electron chi connectivity index (χ3n) is 2.85. The molecule has 0 atom stereocenters. The number of pyridine rings is 1. The number of rotatable bonds is 3. The summed E-state index contributed by atoms with van der Waals surface area (Å²) < 4.78 is 27.3. The molecule has 0 spiro atoms. The Morgan fingerprint density at radius 3 is 2.43 bits per heavy atom. The predicted molar refractivity (Wildman–Crippen MR) is 85.4 cm³/mol. The number of hydrogen-bond acceptors (Lipinski definition) is 4. The Balaban J connectivity index is 2.43. The highest BCUT2D eigenvalue weighted by Crippen LogP contribution is 2.28. The normalized spacial score (nSPS) is 11.4. The SMILES string of the molecule is Cc1cc(Cl)c(N)cc1S(=O)(=O)Nc1cnc(Cl)c(C)c1. The fourth-order valence-electron chi connectivity index (χ4n) is 1.78. The molecule has 0 radical (unpaired) electrons. The van der Waals surface area contributed by atoms with Gasteiger partial charge in [0.2, 0.25) is 0 Å². The van der Waals surface area contributed by atoms with Crippen molar-refractivity contribution in [3.8, 4) is 0 Å². The summed E-state index contributed by atoms with van der Waals surface area (Å²) in [7, 11) is -3.78. The molecule has 112 valence electrons. The second-order valence-electron chi connectivity index (χ2n) is 4.58. The molecule has 0 saturated carbocycles. The number of nitrogens with zero attached hydrogens (tertiary/aromatic N) is 1. The average Bonchev–Trinajstić information content (AvgIpc) is 2.37. The van der Waals surface area contributed by atoms with Crippen LogP contribution in [-0.2, 0) is 10.0 Å². The molecule has 2 aromatic rings. The van der Waals surface area contributed by atoms with Crippen LogP contribution in [0.15, 0.2) is 29.3 Å². The third-order valence-corrected chi connectivity index (χ3v) is 5.10. The highest BCUT2D eigenvalue weighted by Gasteiger charge is 2.19. The molecule has 8 heteroatoms. The molecule has 0 bridgehead atoms. The lowest BCUT2D eigenvalue weighted by molar-refractivity contribution is 0.600. The molecule has 2 rings (SSSR count). The average molecular weight is 346 g/mol. The van der Waals surface area contributed by atoms with Crippen LogP contribution in [0.5, 0.6) is 0 Å². The lowest BCUT2D eigenvalue weighted by Gasteiger charge is -2.12. The van der Waals surface area contributed by atoms with E-state index in [2.05, 4.69) is 9.71 Å². The van der Waals surface area contributed by atoms with Crippen molar-refractivity contribution in [1.29, 1.82) is 0 Å². The van der Waals surface area contributed by atoms with E-state index in [1.165, 1.54) is 18.3 Å². The molecule has 1 heterocycles. The first-order valence-electron chi connectivity index (χ1n) is 5.91. The topological polar surface area (TPSA) is 85.1 Å². The quantitative estimate of drug-likeness (QED) is 0.659. The van der Waals surface area contributed by atoms with Gasteiger partial charge in [-0.15, -0.1) is 0 Å². The molecule has 0 saturated heterocycles. The Morgan fingerprint density at radius 1 is 1.14 bits per heavy atom. The minimum absolute atomic E-state index is 0.0667. The summed E-state index contributed by atoms with van der Waals surface area (Å²) in [6.45, 7) is 3.38. The number of halogens is 2. The lowest BCUT2D eigenvalue weighted by Crippen LogP contribution is -2.15. The van der Waals surface area contributed by atoms with Crippen molar-refractivity contribution in [3.63, 3.8) is 0 Å². The van der Waals surface area contributed by atoms with Crippen LogP contribution in [0.1, 0.15) is 11.1 Å². The van der Waals surface area contributed by atoms with E-state index in [4.69, 9.17) is 28.9 Å². The maximum atomic E-state index is 12.4. The largest absolute Gasteiger partial charge is 0.397 e. The first-order chi connectivity index (χ1) is 9.70. The zero-order valence-corrected chi connectivity index (χ0v) is 13.6. The molecule has 0 unspecified atom stereocenters. The van der Waals surface area contributed by atoms with Crippen molar-refractivity contribution in [2.75, 3.05) is 10.5 Å². The number of nitrogens with one attached hydrogen (secondary N) is 1. The number of nitrogens with two attached hydrogens (primary N) is 1. The van der Waals surface area contributed by atoms with Gasteiger partial charge < -0.3 is 5.73 Å². The summed E-state index contributed by atoms with van der Waals surface area (Å²) in [4.78, 5) is 3.97. The van der Waals surface area contributed by atoms with Crippen LogP contribution in [0.2, 0.25) is 10.2 Å². The Bertz CT molecular complexity index is 807. The van der Waals surface area contributed by atoms with E-state index >= 15 is 0 Å². The van der Waals surface area contributed by atoms with Crippen LogP contribution in [-0.4, -0.2) is 13.4 Å². The van der Waals surface area contributed by atoms with Crippen molar-refractivity contribution < 1.29 is 8.42 Å². The Kier molecular flexibility index (Phi) is 4.32. The molecule has 0 aliphatic carbocycles.